The molecule has 2 aliphatic rings. The summed E-state index contributed by atoms with van der Waals surface area (Å²) in [7, 11) is 1.65. The quantitative estimate of drug-likeness (QED) is 0.778. The number of amides is 2. The molecule has 158 valence electrons. The van der Waals surface area contributed by atoms with Crippen molar-refractivity contribution < 1.29 is 14.3 Å². The topological polar surface area (TPSA) is 75.6 Å². The molecule has 7 nitrogen and oxygen atoms in total. The minimum Gasteiger partial charge on any atom is -0.497 e. The Morgan fingerprint density at radius 2 is 1.83 bits per heavy atom. The number of carbonyl (C=O) groups excluding carboxylic acids is 2. The molecule has 3 heterocycles. The van der Waals surface area contributed by atoms with E-state index in [2.05, 4.69) is 9.97 Å². The lowest BCUT2D eigenvalue weighted by molar-refractivity contribution is -0.128. The summed E-state index contributed by atoms with van der Waals surface area (Å²) in [6.07, 6.45) is 3.70. The van der Waals surface area contributed by atoms with E-state index in [0.717, 1.165) is 42.0 Å². The summed E-state index contributed by atoms with van der Waals surface area (Å²) < 4.78 is 5.20. The maximum Gasteiger partial charge on any atom is 0.272 e. The van der Waals surface area contributed by atoms with Crippen molar-refractivity contribution >= 4 is 11.8 Å². The fraction of sp³-hybridized carbons (Fsp3) is 0.478. The molecule has 2 aliphatic heterocycles. The van der Waals surface area contributed by atoms with Gasteiger partial charge in [-0.05, 0) is 44.4 Å². The van der Waals surface area contributed by atoms with E-state index in [9.17, 15) is 9.59 Å². The summed E-state index contributed by atoms with van der Waals surface area (Å²) in [6, 6.07) is 7.86. The third kappa shape index (κ3) is 3.88. The van der Waals surface area contributed by atoms with E-state index < -0.39 is 0 Å². The second-order valence-corrected chi connectivity index (χ2v) is 8.50. The van der Waals surface area contributed by atoms with Crippen molar-refractivity contribution in [3.05, 3.63) is 53.1 Å². The Balaban J connectivity index is 1.38. The van der Waals surface area contributed by atoms with E-state index in [1.807, 2.05) is 47.9 Å². The van der Waals surface area contributed by atoms with Crippen LogP contribution in [0.1, 0.15) is 46.6 Å². The summed E-state index contributed by atoms with van der Waals surface area (Å²) in [4.78, 5) is 37.8. The standard InChI is InChI=1S/C23H28N4O3/c1-16-17(2)24-15-25-21(16)22(29)26-10-8-23(9-11-26)12-20(28)27(14-23)13-18-4-6-19(30-3)7-5-18/h4-7,15H,8-14H2,1-3H3. The summed E-state index contributed by atoms with van der Waals surface area (Å²) in [5, 5.41) is 0. The van der Waals surface area contributed by atoms with Crippen LogP contribution in [0.4, 0.5) is 0 Å². The predicted molar refractivity (Wildman–Crippen MR) is 112 cm³/mol. The first-order valence-corrected chi connectivity index (χ1v) is 10.4. The molecule has 1 aromatic heterocycles. The fourth-order valence-corrected chi connectivity index (χ4v) is 4.50. The lowest BCUT2D eigenvalue weighted by atomic mass is 9.77. The molecule has 0 unspecified atom stereocenters. The molecule has 0 saturated carbocycles. The van der Waals surface area contributed by atoms with Crippen molar-refractivity contribution in [2.24, 2.45) is 5.41 Å². The number of likely N-dealkylation sites (tertiary alicyclic amines) is 2. The molecule has 2 aromatic rings. The Kier molecular flexibility index (Phi) is 5.45. The first kappa shape index (κ1) is 20.3. The van der Waals surface area contributed by atoms with Crippen LogP contribution < -0.4 is 4.74 Å². The van der Waals surface area contributed by atoms with Gasteiger partial charge >= 0.3 is 0 Å². The van der Waals surface area contributed by atoms with Gasteiger partial charge in [-0.25, -0.2) is 9.97 Å². The van der Waals surface area contributed by atoms with Gasteiger partial charge in [0, 0.05) is 49.3 Å². The Hall–Kier alpha value is -2.96. The molecule has 0 bridgehead atoms. The third-order valence-electron chi connectivity index (χ3n) is 6.59. The van der Waals surface area contributed by atoms with Crippen LogP contribution in [-0.2, 0) is 11.3 Å². The number of hydrogen-bond donors (Lipinski definition) is 0. The highest BCUT2D eigenvalue weighted by atomic mass is 16.5. The summed E-state index contributed by atoms with van der Waals surface area (Å²) in [6.45, 7) is 6.47. The molecule has 0 aliphatic carbocycles. The second kappa shape index (κ2) is 8.05. The minimum atomic E-state index is -0.0349. The van der Waals surface area contributed by atoms with Gasteiger partial charge in [0.25, 0.3) is 5.91 Å². The number of carbonyl (C=O) groups is 2. The highest BCUT2D eigenvalue weighted by molar-refractivity contribution is 5.94. The molecule has 30 heavy (non-hydrogen) atoms. The van der Waals surface area contributed by atoms with Crippen molar-refractivity contribution in [1.82, 2.24) is 19.8 Å². The number of hydrogen-bond acceptors (Lipinski definition) is 5. The van der Waals surface area contributed by atoms with E-state index in [1.165, 1.54) is 6.33 Å². The van der Waals surface area contributed by atoms with Crippen LogP contribution in [0.5, 0.6) is 5.75 Å². The normalized spacial score (nSPS) is 18.2. The number of rotatable bonds is 4. The monoisotopic (exact) mass is 408 g/mol. The second-order valence-electron chi connectivity index (χ2n) is 8.50. The summed E-state index contributed by atoms with van der Waals surface area (Å²) >= 11 is 0. The van der Waals surface area contributed by atoms with Crippen LogP contribution in [0.15, 0.2) is 30.6 Å². The highest BCUT2D eigenvalue weighted by Crippen LogP contribution is 2.41. The van der Waals surface area contributed by atoms with Crippen molar-refractivity contribution in [1.29, 1.82) is 0 Å². The first-order chi connectivity index (χ1) is 14.4. The van der Waals surface area contributed by atoms with Gasteiger partial charge in [-0.1, -0.05) is 12.1 Å². The minimum absolute atomic E-state index is 0.0308. The SMILES string of the molecule is COc1ccc(CN2CC3(CCN(C(=O)c4ncnc(C)c4C)CC3)CC2=O)cc1. The number of aryl methyl sites for hydroxylation is 1. The highest BCUT2D eigenvalue weighted by Gasteiger charge is 2.45. The molecule has 0 N–H and O–H groups in total. The van der Waals surface area contributed by atoms with Crippen LogP contribution in [0.2, 0.25) is 0 Å². The van der Waals surface area contributed by atoms with Gasteiger partial charge in [0.05, 0.1) is 7.11 Å². The molecular formula is C23H28N4O3. The average Bonchev–Trinajstić information content (AvgIpc) is 3.05. The Morgan fingerprint density at radius 3 is 2.50 bits per heavy atom. The lowest BCUT2D eigenvalue weighted by Crippen LogP contribution is -2.44. The average molecular weight is 409 g/mol. The number of benzene rings is 1. The number of methoxy groups -OCH3 is 1. The molecule has 2 fully saturated rings. The molecule has 0 atom stereocenters. The number of piperidine rings is 1. The van der Waals surface area contributed by atoms with Gasteiger partial charge < -0.3 is 14.5 Å². The molecule has 1 aromatic carbocycles. The fourth-order valence-electron chi connectivity index (χ4n) is 4.50. The van der Waals surface area contributed by atoms with Crippen molar-refractivity contribution in [3.63, 3.8) is 0 Å². The van der Waals surface area contributed by atoms with Gasteiger partial charge in [-0.2, -0.15) is 0 Å². The lowest BCUT2D eigenvalue weighted by Gasteiger charge is -2.38. The van der Waals surface area contributed by atoms with Crippen LogP contribution >= 0.6 is 0 Å². The third-order valence-corrected chi connectivity index (χ3v) is 6.59. The van der Waals surface area contributed by atoms with E-state index in [-0.39, 0.29) is 17.2 Å². The van der Waals surface area contributed by atoms with E-state index in [1.54, 1.807) is 7.11 Å². The zero-order valence-electron chi connectivity index (χ0n) is 17.9. The van der Waals surface area contributed by atoms with Crippen LogP contribution in [-0.4, -0.2) is 58.3 Å². The van der Waals surface area contributed by atoms with Gasteiger partial charge in [-0.15, -0.1) is 0 Å². The molecule has 7 heteroatoms. The maximum absolute atomic E-state index is 12.9. The number of nitrogens with zero attached hydrogens (tertiary/aromatic N) is 4. The van der Waals surface area contributed by atoms with Crippen molar-refractivity contribution in [3.8, 4) is 5.75 Å². The van der Waals surface area contributed by atoms with Gasteiger partial charge in [0.1, 0.15) is 17.8 Å². The molecule has 0 radical (unpaired) electrons. The molecule has 4 rings (SSSR count). The smallest absolute Gasteiger partial charge is 0.272 e. The van der Waals surface area contributed by atoms with E-state index in [0.29, 0.717) is 31.7 Å². The van der Waals surface area contributed by atoms with Gasteiger partial charge in [-0.3, -0.25) is 9.59 Å². The van der Waals surface area contributed by atoms with Crippen LogP contribution in [0.25, 0.3) is 0 Å². The zero-order chi connectivity index (χ0) is 21.3. The van der Waals surface area contributed by atoms with Gasteiger partial charge in [0.2, 0.25) is 5.91 Å². The summed E-state index contributed by atoms with van der Waals surface area (Å²) in [5.41, 5.74) is 3.23. The van der Waals surface area contributed by atoms with E-state index >= 15 is 0 Å². The first-order valence-electron chi connectivity index (χ1n) is 10.4. The molecular weight excluding hydrogens is 380 g/mol. The zero-order valence-corrected chi connectivity index (χ0v) is 17.9. The number of aromatic nitrogens is 2. The van der Waals surface area contributed by atoms with Gasteiger partial charge in [0.15, 0.2) is 0 Å². The Bertz CT molecular complexity index is 949. The van der Waals surface area contributed by atoms with Crippen LogP contribution in [0, 0.1) is 19.3 Å². The molecule has 1 spiro atoms. The van der Waals surface area contributed by atoms with Crippen molar-refractivity contribution in [2.45, 2.75) is 39.7 Å². The molecule has 2 amide bonds. The Morgan fingerprint density at radius 1 is 1.13 bits per heavy atom. The maximum atomic E-state index is 12.9. The Labute approximate surface area is 177 Å². The predicted octanol–water partition coefficient (Wildman–Crippen LogP) is 2.76. The van der Waals surface area contributed by atoms with Crippen LogP contribution in [0.3, 0.4) is 0 Å². The van der Waals surface area contributed by atoms with E-state index in [4.69, 9.17) is 4.74 Å². The largest absolute Gasteiger partial charge is 0.497 e. The van der Waals surface area contributed by atoms with Crippen molar-refractivity contribution in [2.75, 3.05) is 26.7 Å². The molecule has 2 saturated heterocycles. The summed E-state index contributed by atoms with van der Waals surface area (Å²) in [5.74, 6) is 0.981. The number of ether oxygens (including phenoxy) is 1.